The molecule has 0 bridgehead atoms. The molecule has 2 atom stereocenters. The molecule has 0 saturated carbocycles. The van der Waals surface area contributed by atoms with E-state index in [1.807, 2.05) is 12.2 Å². The van der Waals surface area contributed by atoms with Crippen molar-refractivity contribution < 1.29 is 9.59 Å². The average molecular weight is 424 g/mol. The van der Waals surface area contributed by atoms with Gasteiger partial charge in [-0.1, -0.05) is 12.2 Å². The third-order valence-electron chi connectivity index (χ3n) is 5.41. The molecule has 7 heteroatoms. The predicted molar refractivity (Wildman–Crippen MR) is 101 cm³/mol. The molecule has 1 aromatic rings. The van der Waals surface area contributed by atoms with E-state index in [0.717, 1.165) is 45.6 Å². The SMILES string of the molecule is O=C1[C@H]2CC=CC[C@@H]2C(=O)N1CN1CCN(Cc2ccc(Br)s2)CC1. The number of likely N-dealkylation sites (tertiary alicyclic amines) is 1. The molecule has 0 radical (unpaired) electrons. The van der Waals surface area contributed by atoms with E-state index < -0.39 is 0 Å². The van der Waals surface area contributed by atoms with E-state index in [9.17, 15) is 9.59 Å². The summed E-state index contributed by atoms with van der Waals surface area (Å²) in [6.45, 7) is 5.18. The number of thiophene rings is 1. The Labute approximate surface area is 160 Å². The predicted octanol–water partition coefficient (Wildman–Crippen LogP) is 2.54. The van der Waals surface area contributed by atoms with Gasteiger partial charge in [0.1, 0.15) is 0 Å². The summed E-state index contributed by atoms with van der Waals surface area (Å²) in [6, 6.07) is 4.26. The molecule has 134 valence electrons. The summed E-state index contributed by atoms with van der Waals surface area (Å²) in [5, 5.41) is 0. The molecule has 3 aliphatic rings. The van der Waals surface area contributed by atoms with E-state index in [2.05, 4.69) is 37.9 Å². The lowest BCUT2D eigenvalue weighted by atomic mass is 9.85. The van der Waals surface area contributed by atoms with Crippen LogP contribution in [-0.4, -0.2) is 59.4 Å². The number of hydrogen-bond acceptors (Lipinski definition) is 5. The van der Waals surface area contributed by atoms with Gasteiger partial charge >= 0.3 is 0 Å². The Morgan fingerprint density at radius 2 is 1.56 bits per heavy atom. The van der Waals surface area contributed by atoms with Crippen molar-refractivity contribution >= 4 is 39.1 Å². The summed E-state index contributed by atoms with van der Waals surface area (Å²) < 4.78 is 1.17. The molecule has 2 saturated heterocycles. The maximum atomic E-state index is 12.6. The van der Waals surface area contributed by atoms with Crippen molar-refractivity contribution in [1.82, 2.24) is 14.7 Å². The van der Waals surface area contributed by atoms with Crippen LogP contribution in [0, 0.1) is 11.8 Å². The molecular weight excluding hydrogens is 402 g/mol. The van der Waals surface area contributed by atoms with Crippen molar-refractivity contribution in [3.8, 4) is 0 Å². The van der Waals surface area contributed by atoms with Crippen LogP contribution in [0.1, 0.15) is 17.7 Å². The minimum atomic E-state index is -0.115. The number of rotatable bonds is 4. The maximum absolute atomic E-state index is 12.6. The molecule has 4 rings (SSSR count). The van der Waals surface area contributed by atoms with E-state index >= 15 is 0 Å². The number of carbonyl (C=O) groups excluding carboxylic acids is 2. The number of fused-ring (bicyclic) bond motifs is 1. The smallest absolute Gasteiger partial charge is 0.234 e. The molecule has 5 nitrogen and oxygen atoms in total. The van der Waals surface area contributed by atoms with Crippen molar-refractivity contribution in [3.63, 3.8) is 0 Å². The topological polar surface area (TPSA) is 43.9 Å². The van der Waals surface area contributed by atoms with Crippen molar-refractivity contribution in [2.45, 2.75) is 19.4 Å². The summed E-state index contributed by atoms with van der Waals surface area (Å²) in [7, 11) is 0. The molecule has 2 aliphatic heterocycles. The fraction of sp³-hybridized carbons (Fsp3) is 0.556. The van der Waals surface area contributed by atoms with Gasteiger partial charge in [0, 0.05) is 37.6 Å². The first-order valence-corrected chi connectivity index (χ1v) is 10.4. The molecule has 0 N–H and O–H groups in total. The summed E-state index contributed by atoms with van der Waals surface area (Å²) in [5.41, 5.74) is 0. The van der Waals surface area contributed by atoms with Crippen molar-refractivity contribution in [2.24, 2.45) is 11.8 Å². The van der Waals surface area contributed by atoms with Crippen LogP contribution in [0.2, 0.25) is 0 Å². The van der Waals surface area contributed by atoms with Crippen LogP contribution in [0.4, 0.5) is 0 Å². The normalized spacial score (nSPS) is 28.0. The van der Waals surface area contributed by atoms with Crippen LogP contribution in [0.5, 0.6) is 0 Å². The van der Waals surface area contributed by atoms with Crippen LogP contribution in [-0.2, 0) is 16.1 Å². The van der Waals surface area contributed by atoms with Gasteiger partial charge in [0.25, 0.3) is 0 Å². The second-order valence-corrected chi connectivity index (χ2v) is 9.55. The quantitative estimate of drug-likeness (QED) is 0.551. The van der Waals surface area contributed by atoms with Gasteiger partial charge in [-0.2, -0.15) is 0 Å². The molecule has 2 amide bonds. The lowest BCUT2D eigenvalue weighted by Crippen LogP contribution is -2.50. The van der Waals surface area contributed by atoms with Gasteiger partial charge in [-0.3, -0.25) is 24.3 Å². The highest BCUT2D eigenvalue weighted by Gasteiger charge is 2.47. The average Bonchev–Trinajstić information content (AvgIpc) is 3.14. The minimum absolute atomic E-state index is 0.0326. The molecule has 2 fully saturated rings. The standard InChI is InChI=1S/C18H22BrN3O2S/c19-16-6-5-13(25-16)11-20-7-9-21(10-8-20)12-22-17(23)14-3-1-2-4-15(14)18(22)24/h1-2,5-6,14-15H,3-4,7-12H2/t14-,15-/m0/s1. The van der Waals surface area contributed by atoms with Crippen LogP contribution in [0.25, 0.3) is 0 Å². The van der Waals surface area contributed by atoms with E-state index in [1.165, 1.54) is 13.6 Å². The van der Waals surface area contributed by atoms with E-state index in [4.69, 9.17) is 0 Å². The lowest BCUT2D eigenvalue weighted by Gasteiger charge is -2.36. The van der Waals surface area contributed by atoms with Crippen molar-refractivity contribution in [1.29, 1.82) is 0 Å². The second kappa shape index (κ2) is 7.31. The summed E-state index contributed by atoms with van der Waals surface area (Å²) >= 11 is 5.29. The van der Waals surface area contributed by atoms with Crippen LogP contribution < -0.4 is 0 Å². The number of nitrogens with zero attached hydrogens (tertiary/aromatic N) is 3. The molecule has 0 aromatic carbocycles. The van der Waals surface area contributed by atoms with Gasteiger partial charge in [-0.15, -0.1) is 11.3 Å². The van der Waals surface area contributed by atoms with Crippen LogP contribution >= 0.6 is 27.3 Å². The Hall–Kier alpha value is -1.02. The molecule has 1 aromatic heterocycles. The Bertz CT molecular complexity index is 670. The molecule has 1 aliphatic carbocycles. The third kappa shape index (κ3) is 3.60. The number of carbonyl (C=O) groups is 2. The first kappa shape index (κ1) is 17.4. The highest BCUT2D eigenvalue weighted by Crippen LogP contribution is 2.35. The number of amides is 2. The number of hydrogen-bond donors (Lipinski definition) is 0. The largest absolute Gasteiger partial charge is 0.296 e. The Balaban J connectivity index is 1.30. The van der Waals surface area contributed by atoms with Crippen molar-refractivity contribution in [2.75, 3.05) is 32.8 Å². The Morgan fingerprint density at radius 1 is 0.960 bits per heavy atom. The van der Waals surface area contributed by atoms with E-state index in [0.29, 0.717) is 6.67 Å². The van der Waals surface area contributed by atoms with Gasteiger partial charge in [-0.25, -0.2) is 0 Å². The van der Waals surface area contributed by atoms with Gasteiger partial charge in [-0.05, 0) is 40.9 Å². The fourth-order valence-corrected chi connectivity index (χ4v) is 5.48. The minimum Gasteiger partial charge on any atom is -0.296 e. The molecule has 3 heterocycles. The zero-order valence-electron chi connectivity index (χ0n) is 14.1. The van der Waals surface area contributed by atoms with Gasteiger partial charge in [0.2, 0.25) is 11.8 Å². The zero-order chi connectivity index (χ0) is 17.4. The zero-order valence-corrected chi connectivity index (χ0v) is 16.5. The van der Waals surface area contributed by atoms with Crippen molar-refractivity contribution in [3.05, 3.63) is 32.9 Å². The number of allylic oxidation sites excluding steroid dienone is 2. The second-order valence-electron chi connectivity index (χ2n) is 7.00. The number of halogens is 1. The highest BCUT2D eigenvalue weighted by molar-refractivity contribution is 9.11. The molecule has 0 spiro atoms. The first-order valence-electron chi connectivity index (χ1n) is 8.81. The van der Waals surface area contributed by atoms with Crippen LogP contribution in [0.3, 0.4) is 0 Å². The number of piperazine rings is 1. The van der Waals surface area contributed by atoms with Crippen LogP contribution in [0.15, 0.2) is 28.1 Å². The Kier molecular flexibility index (Phi) is 5.08. The Morgan fingerprint density at radius 3 is 2.12 bits per heavy atom. The third-order valence-corrected chi connectivity index (χ3v) is 7.02. The fourth-order valence-electron chi connectivity index (χ4n) is 3.95. The van der Waals surface area contributed by atoms with E-state index in [1.54, 1.807) is 11.3 Å². The molecule has 25 heavy (non-hydrogen) atoms. The molecule has 0 unspecified atom stereocenters. The maximum Gasteiger partial charge on any atom is 0.234 e. The van der Waals surface area contributed by atoms with Gasteiger partial charge in [0.05, 0.1) is 22.3 Å². The summed E-state index contributed by atoms with van der Waals surface area (Å²) in [5.74, 6) is -0.164. The highest BCUT2D eigenvalue weighted by atomic mass is 79.9. The lowest BCUT2D eigenvalue weighted by molar-refractivity contribution is -0.142. The summed E-state index contributed by atoms with van der Waals surface area (Å²) in [6.07, 6.45) is 5.51. The first-order chi connectivity index (χ1) is 12.1. The number of imide groups is 1. The molecular formula is C18H22BrN3O2S. The van der Waals surface area contributed by atoms with Gasteiger partial charge < -0.3 is 0 Å². The summed E-state index contributed by atoms with van der Waals surface area (Å²) in [4.78, 5) is 32.7. The van der Waals surface area contributed by atoms with Gasteiger partial charge in [0.15, 0.2) is 0 Å². The monoisotopic (exact) mass is 423 g/mol. The van der Waals surface area contributed by atoms with E-state index in [-0.39, 0.29) is 23.7 Å².